The zero-order valence-electron chi connectivity index (χ0n) is 14.4. The first-order chi connectivity index (χ1) is 13.3. The number of rotatable bonds is 6. The van der Waals surface area contributed by atoms with Gasteiger partial charge in [0.1, 0.15) is 17.3 Å². The van der Waals surface area contributed by atoms with E-state index in [1.54, 1.807) is 31.2 Å². The van der Waals surface area contributed by atoms with Crippen LogP contribution in [0.2, 0.25) is 0 Å². The summed E-state index contributed by atoms with van der Waals surface area (Å²) in [5.41, 5.74) is 0.0707. The van der Waals surface area contributed by atoms with E-state index in [1.165, 1.54) is 6.07 Å². The Hall–Kier alpha value is -3.43. The summed E-state index contributed by atoms with van der Waals surface area (Å²) < 4.78 is 59.4. The zero-order valence-corrected chi connectivity index (χ0v) is 14.4. The molecule has 0 aliphatic carbocycles. The second-order valence-corrected chi connectivity index (χ2v) is 5.49. The molecule has 0 aliphatic rings. The van der Waals surface area contributed by atoms with Crippen LogP contribution in [-0.2, 0) is 0 Å². The molecule has 0 atom stereocenters. The molecule has 1 heterocycles. The van der Waals surface area contributed by atoms with Gasteiger partial charge in [-0.25, -0.2) is 4.98 Å². The molecule has 0 saturated heterocycles. The maximum Gasteiger partial charge on any atom is 0.387 e. The van der Waals surface area contributed by atoms with Crippen molar-refractivity contribution in [3.8, 4) is 11.5 Å². The zero-order chi connectivity index (χ0) is 20.3. The maximum atomic E-state index is 12.6. The summed E-state index contributed by atoms with van der Waals surface area (Å²) >= 11 is 0. The van der Waals surface area contributed by atoms with Crippen LogP contribution in [0.25, 0.3) is 10.9 Å². The molecule has 3 rings (SSSR count). The monoisotopic (exact) mass is 395 g/mol. The molecule has 146 valence electrons. The first-order valence-electron chi connectivity index (χ1n) is 7.91. The molecule has 0 bridgehead atoms. The van der Waals surface area contributed by atoms with Gasteiger partial charge in [0.15, 0.2) is 0 Å². The average Bonchev–Trinajstić information content (AvgIpc) is 2.62. The fourth-order valence-corrected chi connectivity index (χ4v) is 2.49. The molecule has 0 N–H and O–H groups in total. The van der Waals surface area contributed by atoms with Crippen LogP contribution in [0.15, 0.2) is 52.4 Å². The Labute approximate surface area is 155 Å². The number of fused-ring (bicyclic) bond motifs is 1. The number of aromatic nitrogens is 2. The highest BCUT2D eigenvalue weighted by atomic mass is 19.3. The molecule has 6 nitrogen and oxygen atoms in total. The maximum absolute atomic E-state index is 12.6. The minimum absolute atomic E-state index is 0.0291. The Morgan fingerprint density at radius 1 is 1.07 bits per heavy atom. The van der Waals surface area contributed by atoms with Crippen molar-refractivity contribution in [2.45, 2.75) is 20.1 Å². The van der Waals surface area contributed by atoms with Crippen LogP contribution in [0.5, 0.6) is 11.5 Å². The molecule has 0 radical (unpaired) electrons. The van der Waals surface area contributed by atoms with Crippen molar-refractivity contribution in [2.75, 3.05) is 0 Å². The SMILES string of the molecule is Cc1nc2ccccc2c(=O)n1/N=C/c1ccc(OC(F)F)cc1OC(F)F. The molecule has 0 fully saturated rings. The number of hydrogen-bond acceptors (Lipinski definition) is 5. The van der Waals surface area contributed by atoms with Crippen LogP contribution in [0.1, 0.15) is 11.4 Å². The third-order valence-electron chi connectivity index (χ3n) is 3.65. The Bertz CT molecular complexity index is 1080. The first kappa shape index (κ1) is 19.3. The van der Waals surface area contributed by atoms with Gasteiger partial charge in [-0.1, -0.05) is 12.1 Å². The summed E-state index contributed by atoms with van der Waals surface area (Å²) in [6.45, 7) is -4.76. The van der Waals surface area contributed by atoms with Gasteiger partial charge in [0, 0.05) is 11.6 Å². The van der Waals surface area contributed by atoms with Crippen molar-refractivity contribution in [1.29, 1.82) is 0 Å². The molecule has 28 heavy (non-hydrogen) atoms. The third-order valence-corrected chi connectivity index (χ3v) is 3.65. The van der Waals surface area contributed by atoms with E-state index in [9.17, 15) is 22.4 Å². The number of nitrogens with zero attached hydrogens (tertiary/aromatic N) is 3. The van der Waals surface area contributed by atoms with Crippen molar-refractivity contribution in [2.24, 2.45) is 5.10 Å². The van der Waals surface area contributed by atoms with E-state index in [1.807, 2.05) is 0 Å². The summed E-state index contributed by atoms with van der Waals surface area (Å²) in [7, 11) is 0. The van der Waals surface area contributed by atoms with Crippen molar-refractivity contribution in [1.82, 2.24) is 9.66 Å². The predicted molar refractivity (Wildman–Crippen MR) is 93.4 cm³/mol. The van der Waals surface area contributed by atoms with E-state index < -0.39 is 24.5 Å². The van der Waals surface area contributed by atoms with E-state index in [-0.39, 0.29) is 17.1 Å². The smallest absolute Gasteiger partial charge is 0.387 e. The number of benzene rings is 2. The predicted octanol–water partition coefficient (Wildman–Crippen LogP) is 3.79. The van der Waals surface area contributed by atoms with Crippen LogP contribution in [0.3, 0.4) is 0 Å². The molecule has 1 aromatic heterocycles. The lowest BCUT2D eigenvalue weighted by molar-refractivity contribution is -0.0543. The number of halogens is 4. The standard InChI is InChI=1S/C18H13F4N3O3/c1-10-24-14-5-3-2-4-13(14)16(26)25(10)23-9-11-6-7-12(27-17(19)20)8-15(11)28-18(21)22/h2-9,17-18H,1H3/b23-9+. The quantitative estimate of drug-likeness (QED) is 0.471. The third kappa shape index (κ3) is 4.27. The van der Waals surface area contributed by atoms with Gasteiger partial charge in [-0.2, -0.15) is 27.3 Å². The van der Waals surface area contributed by atoms with E-state index >= 15 is 0 Å². The molecular weight excluding hydrogens is 382 g/mol. The number of para-hydroxylation sites is 1. The van der Waals surface area contributed by atoms with E-state index in [2.05, 4.69) is 19.6 Å². The van der Waals surface area contributed by atoms with Crippen LogP contribution in [-0.4, -0.2) is 29.1 Å². The van der Waals surface area contributed by atoms with Gasteiger partial charge >= 0.3 is 13.2 Å². The summed E-state index contributed by atoms with van der Waals surface area (Å²) in [4.78, 5) is 16.8. The van der Waals surface area contributed by atoms with Gasteiger partial charge in [0.25, 0.3) is 5.56 Å². The van der Waals surface area contributed by atoms with Crippen LogP contribution < -0.4 is 15.0 Å². The van der Waals surface area contributed by atoms with Crippen molar-refractivity contribution >= 4 is 17.1 Å². The van der Waals surface area contributed by atoms with Gasteiger partial charge in [-0.3, -0.25) is 4.79 Å². The molecule has 0 saturated carbocycles. The molecule has 0 amide bonds. The van der Waals surface area contributed by atoms with E-state index in [0.717, 1.165) is 23.0 Å². The lowest BCUT2D eigenvalue weighted by Gasteiger charge is -2.11. The number of ether oxygens (including phenoxy) is 2. The Kier molecular flexibility index (Phi) is 5.57. The number of hydrogen-bond donors (Lipinski definition) is 0. The van der Waals surface area contributed by atoms with Crippen molar-refractivity contribution in [3.63, 3.8) is 0 Å². The molecule has 2 aromatic carbocycles. The van der Waals surface area contributed by atoms with Gasteiger partial charge in [-0.15, -0.1) is 0 Å². The fraction of sp³-hybridized carbons (Fsp3) is 0.167. The van der Waals surface area contributed by atoms with E-state index in [0.29, 0.717) is 10.9 Å². The Morgan fingerprint density at radius 3 is 2.50 bits per heavy atom. The second-order valence-electron chi connectivity index (χ2n) is 5.49. The van der Waals surface area contributed by atoms with Crippen molar-refractivity contribution < 1.29 is 27.0 Å². The Balaban J connectivity index is 2.02. The Morgan fingerprint density at radius 2 is 1.79 bits per heavy atom. The summed E-state index contributed by atoms with van der Waals surface area (Å²) in [5, 5.41) is 4.32. The minimum atomic E-state index is -3.19. The molecule has 3 aromatic rings. The van der Waals surface area contributed by atoms with E-state index in [4.69, 9.17) is 0 Å². The minimum Gasteiger partial charge on any atom is -0.435 e. The summed E-state index contributed by atoms with van der Waals surface area (Å²) in [5.74, 6) is -0.520. The fourth-order valence-electron chi connectivity index (χ4n) is 2.49. The van der Waals surface area contributed by atoms with Gasteiger partial charge in [-0.05, 0) is 31.2 Å². The molecule has 0 aliphatic heterocycles. The number of alkyl halides is 4. The highest BCUT2D eigenvalue weighted by molar-refractivity contribution is 5.84. The van der Waals surface area contributed by atoms with Crippen LogP contribution >= 0.6 is 0 Å². The molecule has 0 unspecified atom stereocenters. The summed E-state index contributed by atoms with van der Waals surface area (Å²) in [6, 6.07) is 9.89. The highest BCUT2D eigenvalue weighted by Gasteiger charge is 2.13. The van der Waals surface area contributed by atoms with Crippen LogP contribution in [0.4, 0.5) is 17.6 Å². The van der Waals surface area contributed by atoms with Crippen LogP contribution in [0, 0.1) is 6.92 Å². The lowest BCUT2D eigenvalue weighted by Crippen LogP contribution is -2.20. The average molecular weight is 395 g/mol. The molecule has 0 spiro atoms. The van der Waals surface area contributed by atoms with Gasteiger partial charge in [0.2, 0.25) is 0 Å². The topological polar surface area (TPSA) is 65.7 Å². The molecular formula is C18H13F4N3O3. The molecule has 10 heteroatoms. The van der Waals surface area contributed by atoms with Gasteiger partial charge < -0.3 is 9.47 Å². The highest BCUT2D eigenvalue weighted by Crippen LogP contribution is 2.26. The van der Waals surface area contributed by atoms with Gasteiger partial charge in [0.05, 0.1) is 17.1 Å². The summed E-state index contributed by atoms with van der Waals surface area (Å²) in [6.07, 6.45) is 1.09. The second kappa shape index (κ2) is 8.07. The number of aryl methyl sites for hydroxylation is 1. The largest absolute Gasteiger partial charge is 0.435 e. The lowest BCUT2D eigenvalue weighted by atomic mass is 10.2. The first-order valence-corrected chi connectivity index (χ1v) is 7.91. The normalized spacial score (nSPS) is 11.7. The van der Waals surface area contributed by atoms with Crippen molar-refractivity contribution in [3.05, 3.63) is 64.2 Å².